The van der Waals surface area contributed by atoms with Crippen molar-refractivity contribution < 1.29 is 8.78 Å². The SMILES string of the molecule is C[C@H](N)[C@@H](N)C(F)F. The Morgan fingerprint density at radius 2 is 1.62 bits per heavy atom. The Hall–Kier alpha value is -0.220. The summed E-state index contributed by atoms with van der Waals surface area (Å²) in [4.78, 5) is 0. The van der Waals surface area contributed by atoms with Crippen LogP contribution in [0.2, 0.25) is 0 Å². The van der Waals surface area contributed by atoms with E-state index in [0.29, 0.717) is 0 Å². The Kier molecular flexibility index (Phi) is 2.86. The molecule has 0 aromatic carbocycles. The van der Waals surface area contributed by atoms with Crippen LogP contribution in [0.1, 0.15) is 6.92 Å². The molecule has 0 spiro atoms. The first-order valence-corrected chi connectivity index (χ1v) is 2.35. The maximum atomic E-state index is 11.5. The summed E-state index contributed by atoms with van der Waals surface area (Å²) in [6.45, 7) is 1.46. The van der Waals surface area contributed by atoms with E-state index >= 15 is 0 Å². The predicted octanol–water partition coefficient (Wildman–Crippen LogP) is -0.0740. The average Bonchev–Trinajstić information content (AvgIpc) is 1.64. The van der Waals surface area contributed by atoms with Crippen LogP contribution < -0.4 is 11.5 Å². The molecule has 0 rings (SSSR count). The highest BCUT2D eigenvalue weighted by Gasteiger charge is 2.18. The van der Waals surface area contributed by atoms with Crippen molar-refractivity contribution >= 4 is 0 Å². The summed E-state index contributed by atoms with van der Waals surface area (Å²) < 4.78 is 22.9. The van der Waals surface area contributed by atoms with Crippen LogP contribution >= 0.6 is 0 Å². The Morgan fingerprint density at radius 1 is 1.25 bits per heavy atom. The van der Waals surface area contributed by atoms with Gasteiger partial charge in [-0.3, -0.25) is 0 Å². The van der Waals surface area contributed by atoms with E-state index in [4.69, 9.17) is 11.5 Å². The van der Waals surface area contributed by atoms with E-state index in [1.165, 1.54) is 6.92 Å². The van der Waals surface area contributed by atoms with E-state index in [1.54, 1.807) is 0 Å². The topological polar surface area (TPSA) is 52.0 Å². The van der Waals surface area contributed by atoms with Crippen molar-refractivity contribution in [2.45, 2.75) is 25.4 Å². The Bertz CT molecular complexity index is 57.1. The third-order valence-electron chi connectivity index (χ3n) is 0.898. The number of hydrogen-bond acceptors (Lipinski definition) is 2. The van der Waals surface area contributed by atoms with Gasteiger partial charge in [0.25, 0.3) is 6.43 Å². The minimum absolute atomic E-state index is 0.630. The molecule has 0 saturated carbocycles. The van der Waals surface area contributed by atoms with E-state index in [1.807, 2.05) is 0 Å². The lowest BCUT2D eigenvalue weighted by Gasteiger charge is -2.12. The zero-order valence-corrected chi connectivity index (χ0v) is 4.64. The van der Waals surface area contributed by atoms with Crippen LogP contribution in [-0.2, 0) is 0 Å². The lowest BCUT2D eigenvalue weighted by atomic mass is 10.2. The second-order valence-corrected chi connectivity index (χ2v) is 1.77. The van der Waals surface area contributed by atoms with E-state index in [2.05, 4.69) is 0 Å². The van der Waals surface area contributed by atoms with Crippen molar-refractivity contribution in [3.05, 3.63) is 0 Å². The summed E-state index contributed by atoms with van der Waals surface area (Å²) in [5.41, 5.74) is 9.92. The Balaban J connectivity index is 3.46. The lowest BCUT2D eigenvalue weighted by molar-refractivity contribution is 0.107. The second kappa shape index (κ2) is 2.94. The number of hydrogen-bond donors (Lipinski definition) is 2. The van der Waals surface area contributed by atoms with Crippen molar-refractivity contribution in [2.75, 3.05) is 0 Å². The van der Waals surface area contributed by atoms with Gasteiger partial charge in [0.1, 0.15) is 0 Å². The quantitative estimate of drug-likeness (QED) is 0.541. The molecule has 0 aliphatic heterocycles. The summed E-state index contributed by atoms with van der Waals surface area (Å²) in [5.74, 6) is 0. The summed E-state index contributed by atoms with van der Waals surface area (Å²) >= 11 is 0. The third-order valence-corrected chi connectivity index (χ3v) is 0.898. The van der Waals surface area contributed by atoms with E-state index in [9.17, 15) is 8.78 Å². The molecule has 0 aliphatic rings. The summed E-state index contributed by atoms with van der Waals surface area (Å²) in [5, 5.41) is 0. The zero-order valence-electron chi connectivity index (χ0n) is 4.64. The van der Waals surface area contributed by atoms with Crippen molar-refractivity contribution in [3.63, 3.8) is 0 Å². The van der Waals surface area contributed by atoms with Gasteiger partial charge in [0, 0.05) is 6.04 Å². The predicted molar refractivity (Wildman–Crippen MR) is 27.6 cm³/mol. The van der Waals surface area contributed by atoms with Gasteiger partial charge >= 0.3 is 0 Å². The van der Waals surface area contributed by atoms with E-state index in [0.717, 1.165) is 0 Å². The van der Waals surface area contributed by atoms with Crippen LogP contribution in [-0.4, -0.2) is 18.5 Å². The lowest BCUT2D eigenvalue weighted by Crippen LogP contribution is -2.44. The normalized spacial score (nSPS) is 18.8. The molecule has 0 unspecified atom stereocenters. The molecule has 0 radical (unpaired) electrons. The molecule has 0 aromatic rings. The highest BCUT2D eigenvalue weighted by atomic mass is 19.3. The largest absolute Gasteiger partial charge is 0.326 e. The third kappa shape index (κ3) is 2.18. The molecular formula is C4H10F2N2. The van der Waals surface area contributed by atoms with Gasteiger partial charge in [-0.05, 0) is 6.92 Å². The van der Waals surface area contributed by atoms with Crippen molar-refractivity contribution in [2.24, 2.45) is 11.5 Å². The molecule has 4 heteroatoms. The fourth-order valence-corrected chi connectivity index (χ4v) is 0.229. The molecule has 0 saturated heterocycles. The van der Waals surface area contributed by atoms with Gasteiger partial charge in [-0.15, -0.1) is 0 Å². The first-order chi connectivity index (χ1) is 3.55. The van der Waals surface area contributed by atoms with Gasteiger partial charge < -0.3 is 11.5 Å². The maximum absolute atomic E-state index is 11.5. The molecule has 0 aliphatic carbocycles. The number of halogens is 2. The van der Waals surface area contributed by atoms with Crippen LogP contribution in [0, 0.1) is 0 Å². The van der Waals surface area contributed by atoms with Crippen LogP contribution in [0.3, 0.4) is 0 Å². The van der Waals surface area contributed by atoms with Gasteiger partial charge in [0.05, 0.1) is 6.04 Å². The molecule has 50 valence electrons. The van der Waals surface area contributed by atoms with Gasteiger partial charge in [-0.2, -0.15) is 0 Å². The monoisotopic (exact) mass is 124 g/mol. The average molecular weight is 124 g/mol. The molecular weight excluding hydrogens is 114 g/mol. The van der Waals surface area contributed by atoms with E-state index in [-0.39, 0.29) is 0 Å². The van der Waals surface area contributed by atoms with Crippen molar-refractivity contribution in [1.29, 1.82) is 0 Å². The van der Waals surface area contributed by atoms with Crippen LogP contribution in [0.25, 0.3) is 0 Å². The highest BCUT2D eigenvalue weighted by Crippen LogP contribution is 1.99. The molecule has 2 atom stereocenters. The van der Waals surface area contributed by atoms with Gasteiger partial charge in [0.15, 0.2) is 0 Å². The van der Waals surface area contributed by atoms with Crippen LogP contribution in [0.4, 0.5) is 8.78 Å². The van der Waals surface area contributed by atoms with Crippen LogP contribution in [0.5, 0.6) is 0 Å². The first-order valence-electron chi connectivity index (χ1n) is 2.35. The first kappa shape index (κ1) is 7.78. The summed E-state index contributed by atoms with van der Waals surface area (Å²) in [6.07, 6.45) is -2.50. The maximum Gasteiger partial charge on any atom is 0.254 e. The molecule has 0 bridgehead atoms. The standard InChI is InChI=1S/C4H10F2N2/c1-2(7)3(8)4(5)6/h2-4H,7-8H2,1H3/t2-,3+/m0/s1. The summed E-state index contributed by atoms with van der Waals surface area (Å²) in [7, 11) is 0. The molecule has 0 amide bonds. The van der Waals surface area contributed by atoms with Gasteiger partial charge in [0.2, 0.25) is 0 Å². The smallest absolute Gasteiger partial charge is 0.254 e. The molecule has 4 N–H and O–H groups in total. The van der Waals surface area contributed by atoms with E-state index < -0.39 is 18.5 Å². The van der Waals surface area contributed by atoms with Gasteiger partial charge in [-0.1, -0.05) is 0 Å². The van der Waals surface area contributed by atoms with Crippen molar-refractivity contribution in [1.82, 2.24) is 0 Å². The second-order valence-electron chi connectivity index (χ2n) is 1.77. The highest BCUT2D eigenvalue weighted by molar-refractivity contribution is 4.72. The minimum Gasteiger partial charge on any atom is -0.326 e. The number of alkyl halides is 2. The minimum atomic E-state index is -2.50. The molecule has 0 heterocycles. The number of rotatable bonds is 2. The molecule has 2 nitrogen and oxygen atoms in total. The number of nitrogens with two attached hydrogens (primary N) is 2. The molecule has 0 fully saturated rings. The molecule has 8 heavy (non-hydrogen) atoms. The fourth-order valence-electron chi connectivity index (χ4n) is 0.229. The zero-order chi connectivity index (χ0) is 6.73. The molecule has 0 aromatic heterocycles. The fraction of sp³-hybridized carbons (Fsp3) is 1.00. The summed E-state index contributed by atoms with van der Waals surface area (Å²) in [6, 6.07) is -1.81. The van der Waals surface area contributed by atoms with Crippen molar-refractivity contribution in [3.8, 4) is 0 Å². The Labute approximate surface area is 46.8 Å². The van der Waals surface area contributed by atoms with Crippen LogP contribution in [0.15, 0.2) is 0 Å². The van der Waals surface area contributed by atoms with Gasteiger partial charge in [-0.25, -0.2) is 8.78 Å². The Morgan fingerprint density at radius 3 is 1.62 bits per heavy atom.